The lowest BCUT2D eigenvalue weighted by molar-refractivity contribution is 0.110. The van der Waals surface area contributed by atoms with Crippen LogP contribution >= 0.6 is 0 Å². The van der Waals surface area contributed by atoms with Gasteiger partial charge in [0.1, 0.15) is 0 Å². The highest BCUT2D eigenvalue weighted by atomic mass is 16.6. The molecule has 0 N–H and O–H groups in total. The van der Waals surface area contributed by atoms with Gasteiger partial charge in [0.15, 0.2) is 0 Å². The van der Waals surface area contributed by atoms with Crippen LogP contribution in [-0.2, 0) is 18.9 Å². The van der Waals surface area contributed by atoms with E-state index >= 15 is 0 Å². The molecule has 0 aromatic heterocycles. The maximum absolute atomic E-state index is 5.51. The first-order valence-corrected chi connectivity index (χ1v) is 9.53. The van der Waals surface area contributed by atoms with Gasteiger partial charge in [0, 0.05) is 43.8 Å². The zero-order valence-electron chi connectivity index (χ0n) is 14.9. The van der Waals surface area contributed by atoms with Crippen molar-refractivity contribution in [1.29, 1.82) is 0 Å². The third-order valence-corrected chi connectivity index (χ3v) is 5.72. The first-order chi connectivity index (χ1) is 12.2. The first kappa shape index (κ1) is 16.3. The molecule has 138 valence electrons. The van der Waals surface area contributed by atoms with Gasteiger partial charge in [-0.2, -0.15) is 0 Å². The van der Waals surface area contributed by atoms with Gasteiger partial charge in [0.25, 0.3) is 0 Å². The summed E-state index contributed by atoms with van der Waals surface area (Å²) in [6.45, 7) is 9.88. The molecule has 4 heterocycles. The van der Waals surface area contributed by atoms with Crippen LogP contribution in [0.2, 0.25) is 0 Å². The van der Waals surface area contributed by atoms with Gasteiger partial charge in [-0.25, -0.2) is 0 Å². The van der Waals surface area contributed by atoms with E-state index in [1.165, 1.54) is 5.70 Å². The van der Waals surface area contributed by atoms with Gasteiger partial charge in [-0.05, 0) is 13.0 Å². The van der Waals surface area contributed by atoms with Crippen molar-refractivity contribution in [3.05, 3.63) is 23.9 Å². The Morgan fingerprint density at radius 2 is 1.36 bits per heavy atom. The van der Waals surface area contributed by atoms with Gasteiger partial charge < -0.3 is 23.8 Å². The van der Waals surface area contributed by atoms with Crippen molar-refractivity contribution in [2.75, 3.05) is 52.6 Å². The molecule has 4 fully saturated rings. The molecule has 0 radical (unpaired) electrons. The van der Waals surface area contributed by atoms with E-state index in [2.05, 4.69) is 35.0 Å². The van der Waals surface area contributed by atoms with E-state index in [1.807, 2.05) is 0 Å². The van der Waals surface area contributed by atoms with Crippen molar-refractivity contribution in [3.8, 4) is 0 Å². The van der Waals surface area contributed by atoms with E-state index in [0.29, 0.717) is 24.4 Å². The number of rotatable bonds is 10. The molecule has 6 heteroatoms. The zero-order valence-corrected chi connectivity index (χ0v) is 14.9. The maximum atomic E-state index is 5.51. The third kappa shape index (κ3) is 4.26. The smallest absolute Gasteiger partial charge is 0.0984 e. The fraction of sp³-hybridized carbons (Fsp3) is 0.789. The normalized spacial score (nSPS) is 40.8. The third-order valence-electron chi connectivity index (χ3n) is 5.72. The standard InChI is InChI=1S/C19H28N2O4/c1-19(21(8-17-12-24-17)9-18-13-25-18)4-2-3-14(5-19)20(6-15-10-22-15)7-16-11-23-16/h2-4,15-18H,5-13H2,1H3. The SMILES string of the molecule is CC1(N(CC2CO2)CC2CO2)C=CC=C(N(CC2CO2)CC2CO2)C1. The minimum atomic E-state index is 0.00898. The number of hydrogen-bond acceptors (Lipinski definition) is 6. The lowest BCUT2D eigenvalue weighted by Gasteiger charge is -2.43. The molecule has 5 atom stereocenters. The predicted octanol–water partition coefficient (Wildman–Crippen LogP) is 0.788. The number of nitrogens with zero attached hydrogens (tertiary/aromatic N) is 2. The summed E-state index contributed by atoms with van der Waals surface area (Å²) in [5.41, 5.74) is 1.41. The number of ether oxygens (including phenoxy) is 4. The molecule has 6 nitrogen and oxygen atoms in total. The van der Waals surface area contributed by atoms with Crippen LogP contribution < -0.4 is 0 Å². The highest BCUT2D eigenvalue weighted by Crippen LogP contribution is 2.34. The Morgan fingerprint density at radius 1 is 0.880 bits per heavy atom. The highest BCUT2D eigenvalue weighted by Gasteiger charge is 2.41. The second kappa shape index (κ2) is 6.35. The van der Waals surface area contributed by atoms with Crippen molar-refractivity contribution in [3.63, 3.8) is 0 Å². The quantitative estimate of drug-likeness (QED) is 0.544. The molecule has 0 aromatic rings. The van der Waals surface area contributed by atoms with E-state index in [4.69, 9.17) is 18.9 Å². The number of allylic oxidation sites excluding steroid dienone is 2. The summed E-state index contributed by atoms with van der Waals surface area (Å²) in [5.74, 6) is 0. The summed E-state index contributed by atoms with van der Waals surface area (Å²) in [4.78, 5) is 5.04. The monoisotopic (exact) mass is 348 g/mol. The molecule has 4 aliphatic heterocycles. The molecule has 5 rings (SSSR count). The molecule has 5 aliphatic rings. The van der Waals surface area contributed by atoms with Crippen molar-refractivity contribution >= 4 is 0 Å². The van der Waals surface area contributed by atoms with Crippen molar-refractivity contribution < 1.29 is 18.9 Å². The summed E-state index contributed by atoms with van der Waals surface area (Å²) in [6, 6.07) is 0. The van der Waals surface area contributed by atoms with Gasteiger partial charge in [-0.1, -0.05) is 12.2 Å². The molecule has 1 aliphatic carbocycles. The fourth-order valence-electron chi connectivity index (χ4n) is 3.76. The highest BCUT2D eigenvalue weighted by molar-refractivity contribution is 5.27. The van der Waals surface area contributed by atoms with Crippen LogP contribution in [0.3, 0.4) is 0 Å². The summed E-state index contributed by atoms with van der Waals surface area (Å²) in [5, 5.41) is 0. The average molecular weight is 348 g/mol. The lowest BCUT2D eigenvalue weighted by Crippen LogP contribution is -2.50. The molecule has 25 heavy (non-hydrogen) atoms. The van der Waals surface area contributed by atoms with Crippen LogP contribution in [0.4, 0.5) is 0 Å². The molecule has 0 saturated carbocycles. The fourth-order valence-corrected chi connectivity index (χ4v) is 3.76. The number of hydrogen-bond donors (Lipinski definition) is 0. The molecule has 0 aromatic carbocycles. The van der Waals surface area contributed by atoms with Crippen LogP contribution in [0, 0.1) is 0 Å². The molecule has 0 spiro atoms. The second-order valence-corrected chi connectivity index (χ2v) is 8.18. The number of epoxide rings is 4. The minimum Gasteiger partial charge on any atom is -0.372 e. The van der Waals surface area contributed by atoms with E-state index in [-0.39, 0.29) is 5.54 Å². The molecular weight excluding hydrogens is 320 g/mol. The van der Waals surface area contributed by atoms with Crippen LogP contribution in [-0.4, -0.2) is 92.4 Å². The summed E-state index contributed by atoms with van der Waals surface area (Å²) < 4.78 is 22.0. The zero-order chi connectivity index (χ0) is 16.9. The Kier molecular flexibility index (Phi) is 4.14. The van der Waals surface area contributed by atoms with Crippen LogP contribution in [0.5, 0.6) is 0 Å². The predicted molar refractivity (Wildman–Crippen MR) is 92.4 cm³/mol. The van der Waals surface area contributed by atoms with E-state index in [9.17, 15) is 0 Å². The van der Waals surface area contributed by atoms with Gasteiger partial charge >= 0.3 is 0 Å². The Labute approximate surface area is 149 Å². The molecule has 4 saturated heterocycles. The van der Waals surface area contributed by atoms with Crippen molar-refractivity contribution in [1.82, 2.24) is 9.80 Å². The van der Waals surface area contributed by atoms with E-state index in [0.717, 1.165) is 59.0 Å². The maximum Gasteiger partial charge on any atom is 0.0984 e. The van der Waals surface area contributed by atoms with Crippen molar-refractivity contribution in [2.45, 2.75) is 43.3 Å². The Bertz CT molecular complexity index is 536. The Morgan fingerprint density at radius 3 is 1.84 bits per heavy atom. The summed E-state index contributed by atoms with van der Waals surface area (Å²) in [6.07, 6.45) is 9.44. The summed E-state index contributed by atoms with van der Waals surface area (Å²) in [7, 11) is 0. The van der Waals surface area contributed by atoms with Crippen molar-refractivity contribution in [2.24, 2.45) is 0 Å². The summed E-state index contributed by atoms with van der Waals surface area (Å²) >= 11 is 0. The minimum absolute atomic E-state index is 0.00898. The Hall–Kier alpha value is -0.920. The van der Waals surface area contributed by atoms with Gasteiger partial charge in [0.05, 0.1) is 50.8 Å². The first-order valence-electron chi connectivity index (χ1n) is 9.53. The van der Waals surface area contributed by atoms with E-state index < -0.39 is 0 Å². The largest absolute Gasteiger partial charge is 0.372 e. The van der Waals surface area contributed by atoms with Gasteiger partial charge in [0.2, 0.25) is 0 Å². The topological polar surface area (TPSA) is 56.6 Å². The van der Waals surface area contributed by atoms with Crippen LogP contribution in [0.25, 0.3) is 0 Å². The lowest BCUT2D eigenvalue weighted by atomic mass is 9.88. The molecule has 5 unspecified atom stereocenters. The average Bonchev–Trinajstić information content (AvgIpc) is 3.45. The van der Waals surface area contributed by atoms with Crippen LogP contribution in [0.15, 0.2) is 23.9 Å². The van der Waals surface area contributed by atoms with Gasteiger partial charge in [-0.15, -0.1) is 0 Å². The van der Waals surface area contributed by atoms with E-state index in [1.54, 1.807) is 0 Å². The molecular formula is C19H28N2O4. The Balaban J connectivity index is 1.29. The van der Waals surface area contributed by atoms with Gasteiger partial charge in [-0.3, -0.25) is 4.90 Å². The van der Waals surface area contributed by atoms with Crippen LogP contribution in [0.1, 0.15) is 13.3 Å². The molecule has 0 bridgehead atoms. The second-order valence-electron chi connectivity index (χ2n) is 8.18. The molecule has 0 amide bonds.